The van der Waals surface area contributed by atoms with Gasteiger partial charge >= 0.3 is 5.69 Å². The maximum Gasteiger partial charge on any atom is 0.349 e. The minimum atomic E-state index is -0.552. The van der Waals surface area contributed by atoms with Gasteiger partial charge in [-0.3, -0.25) is 14.6 Å². The van der Waals surface area contributed by atoms with Crippen LogP contribution < -0.4 is 16.6 Å². The van der Waals surface area contributed by atoms with Gasteiger partial charge in [0.15, 0.2) is 0 Å². The summed E-state index contributed by atoms with van der Waals surface area (Å²) in [6.07, 6.45) is 3.67. The van der Waals surface area contributed by atoms with E-state index < -0.39 is 11.2 Å². The Balaban J connectivity index is 1.51. The molecule has 7 nitrogen and oxygen atoms in total. The van der Waals surface area contributed by atoms with Gasteiger partial charge in [-0.2, -0.15) is 9.78 Å². The molecule has 0 radical (unpaired) electrons. The summed E-state index contributed by atoms with van der Waals surface area (Å²) in [5.41, 5.74) is 6.02. The highest BCUT2D eigenvalue weighted by Gasteiger charge is 2.50. The number of aromatic nitrogens is 3. The molecule has 7 heteroatoms. The molecule has 1 amide bonds. The zero-order valence-corrected chi connectivity index (χ0v) is 17.8. The first kappa shape index (κ1) is 19.5. The van der Waals surface area contributed by atoms with E-state index >= 15 is 0 Å². The fraction of sp³-hybridized carbons (Fsp3) is 0.333. The average Bonchev–Trinajstić information content (AvgIpc) is 2.98. The number of H-pyrrole nitrogens is 1. The van der Waals surface area contributed by atoms with Crippen LogP contribution in [0.15, 0.2) is 39.9 Å². The van der Waals surface area contributed by atoms with Gasteiger partial charge in [0.2, 0.25) is 5.91 Å². The number of amides is 1. The van der Waals surface area contributed by atoms with E-state index in [0.717, 1.165) is 53.6 Å². The van der Waals surface area contributed by atoms with Crippen molar-refractivity contribution in [1.82, 2.24) is 14.8 Å². The number of aryl methyl sites for hydroxylation is 3. The van der Waals surface area contributed by atoms with Gasteiger partial charge in [-0.15, -0.1) is 0 Å². The fourth-order valence-electron chi connectivity index (χ4n) is 4.83. The molecule has 2 N–H and O–H groups in total. The van der Waals surface area contributed by atoms with Gasteiger partial charge in [0.05, 0.1) is 11.1 Å². The number of fused-ring (bicyclic) bond motifs is 2. The average molecular weight is 416 g/mol. The second-order valence-electron chi connectivity index (χ2n) is 8.76. The van der Waals surface area contributed by atoms with E-state index in [1.54, 1.807) is 6.92 Å². The summed E-state index contributed by atoms with van der Waals surface area (Å²) in [6, 6.07) is 10.1. The summed E-state index contributed by atoms with van der Waals surface area (Å²) in [5, 5.41) is 7.18. The van der Waals surface area contributed by atoms with E-state index in [0.29, 0.717) is 5.69 Å². The van der Waals surface area contributed by atoms with Gasteiger partial charge in [-0.1, -0.05) is 18.6 Å². The summed E-state index contributed by atoms with van der Waals surface area (Å²) in [7, 11) is 0. The summed E-state index contributed by atoms with van der Waals surface area (Å²) in [5.74, 6) is 0.136. The van der Waals surface area contributed by atoms with Crippen molar-refractivity contribution in [1.29, 1.82) is 0 Å². The molecule has 0 unspecified atom stereocenters. The number of hydrogen-bond donors (Lipinski definition) is 2. The lowest BCUT2D eigenvalue weighted by Gasteiger charge is -2.36. The molecular weight excluding hydrogens is 392 g/mol. The molecular formula is C24H24N4O3. The number of aromatic amines is 1. The van der Waals surface area contributed by atoms with Crippen LogP contribution in [-0.4, -0.2) is 20.7 Å². The number of nitrogens with zero attached hydrogens (tertiary/aromatic N) is 2. The third kappa shape index (κ3) is 2.95. The standard InChI is InChI=1S/C24H24N4O3/c1-13-9-17(28-23(31)26-21(29)15(3)27-28)10-14(2)18(13)11-16-5-6-20-19(12-16)24(7-4-8-24)22(30)25-20/h5-6,9-10,12H,4,7-8,11H2,1-3H3,(H,25,30)(H,26,29,31). The van der Waals surface area contributed by atoms with Crippen LogP contribution in [0.1, 0.15) is 52.8 Å². The van der Waals surface area contributed by atoms with E-state index in [2.05, 4.69) is 27.5 Å². The lowest BCUT2D eigenvalue weighted by Crippen LogP contribution is -2.40. The Bertz CT molecular complexity index is 1340. The SMILES string of the molecule is Cc1cc(-n2nc(C)c(=O)[nH]c2=O)cc(C)c1Cc1ccc2c(c1)C1(CCC1)C(=O)N2. The van der Waals surface area contributed by atoms with E-state index in [1.165, 1.54) is 10.2 Å². The predicted octanol–water partition coefficient (Wildman–Crippen LogP) is 2.81. The van der Waals surface area contributed by atoms with Crippen LogP contribution >= 0.6 is 0 Å². The Morgan fingerprint density at radius 1 is 1.03 bits per heavy atom. The number of benzene rings is 2. The number of hydrogen-bond acceptors (Lipinski definition) is 4. The van der Waals surface area contributed by atoms with E-state index in [1.807, 2.05) is 32.0 Å². The van der Waals surface area contributed by atoms with Crippen molar-refractivity contribution in [3.05, 3.63) is 84.7 Å². The van der Waals surface area contributed by atoms with E-state index in [4.69, 9.17) is 0 Å². The first-order valence-electron chi connectivity index (χ1n) is 10.5. The molecule has 2 heterocycles. The molecule has 0 saturated heterocycles. The summed E-state index contributed by atoms with van der Waals surface area (Å²) < 4.78 is 1.23. The Morgan fingerprint density at radius 2 is 1.74 bits per heavy atom. The second kappa shape index (κ2) is 6.77. The van der Waals surface area contributed by atoms with Crippen molar-refractivity contribution in [2.45, 2.75) is 51.9 Å². The Hall–Kier alpha value is -3.48. The highest BCUT2D eigenvalue weighted by atomic mass is 16.2. The third-order valence-corrected chi connectivity index (χ3v) is 6.79. The predicted molar refractivity (Wildman–Crippen MR) is 118 cm³/mol. The number of nitrogens with one attached hydrogen (secondary N) is 2. The number of rotatable bonds is 3. The molecule has 31 heavy (non-hydrogen) atoms. The van der Waals surface area contributed by atoms with Crippen LogP contribution in [0.3, 0.4) is 0 Å². The van der Waals surface area contributed by atoms with Gasteiger partial charge in [0, 0.05) is 5.69 Å². The molecule has 1 aliphatic carbocycles. The maximum atomic E-state index is 12.5. The first-order valence-corrected chi connectivity index (χ1v) is 10.5. The second-order valence-corrected chi connectivity index (χ2v) is 8.76. The van der Waals surface area contributed by atoms with Crippen molar-refractivity contribution in [2.24, 2.45) is 0 Å². The van der Waals surface area contributed by atoms with Crippen LogP contribution in [0.2, 0.25) is 0 Å². The molecule has 158 valence electrons. The summed E-state index contributed by atoms with van der Waals surface area (Å²) in [4.78, 5) is 38.7. The molecule has 1 aromatic heterocycles. The molecule has 3 aromatic rings. The lowest BCUT2D eigenvalue weighted by atomic mass is 9.65. The molecule has 0 atom stereocenters. The fourth-order valence-corrected chi connectivity index (χ4v) is 4.83. The topological polar surface area (TPSA) is 96.8 Å². The lowest BCUT2D eigenvalue weighted by molar-refractivity contribution is -0.123. The van der Waals surface area contributed by atoms with Crippen LogP contribution in [-0.2, 0) is 16.6 Å². The van der Waals surface area contributed by atoms with Crippen LogP contribution in [0, 0.1) is 20.8 Å². The normalized spacial score (nSPS) is 16.2. The van der Waals surface area contributed by atoms with Crippen molar-refractivity contribution < 1.29 is 4.79 Å². The largest absolute Gasteiger partial charge is 0.349 e. The van der Waals surface area contributed by atoms with Gasteiger partial charge in [0.1, 0.15) is 5.69 Å². The van der Waals surface area contributed by atoms with Gasteiger partial charge in [-0.25, -0.2) is 4.79 Å². The van der Waals surface area contributed by atoms with Gasteiger partial charge in [-0.05, 0) is 86.1 Å². The smallest absolute Gasteiger partial charge is 0.325 e. The highest BCUT2D eigenvalue weighted by Crippen LogP contribution is 2.51. The third-order valence-electron chi connectivity index (χ3n) is 6.79. The first-order chi connectivity index (χ1) is 14.8. The van der Waals surface area contributed by atoms with Crippen molar-refractivity contribution >= 4 is 11.6 Å². The Morgan fingerprint density at radius 3 is 2.39 bits per heavy atom. The van der Waals surface area contributed by atoms with Crippen molar-refractivity contribution in [2.75, 3.05) is 5.32 Å². The van der Waals surface area contributed by atoms with Crippen molar-refractivity contribution in [3.63, 3.8) is 0 Å². The molecule has 1 saturated carbocycles. The highest BCUT2D eigenvalue weighted by molar-refractivity contribution is 6.07. The van der Waals surface area contributed by atoms with E-state index in [9.17, 15) is 14.4 Å². The molecule has 1 fully saturated rings. The maximum absolute atomic E-state index is 12.5. The Kier molecular flexibility index (Phi) is 4.25. The summed E-state index contributed by atoms with van der Waals surface area (Å²) in [6.45, 7) is 5.60. The molecule has 0 bridgehead atoms. The molecule has 5 rings (SSSR count). The molecule has 2 aliphatic rings. The zero-order chi connectivity index (χ0) is 21.9. The minimum Gasteiger partial charge on any atom is -0.325 e. The van der Waals surface area contributed by atoms with Gasteiger partial charge in [0.25, 0.3) is 5.56 Å². The van der Waals surface area contributed by atoms with Crippen LogP contribution in [0.5, 0.6) is 0 Å². The number of carbonyl (C=O) groups excluding carboxylic acids is 1. The number of carbonyl (C=O) groups is 1. The van der Waals surface area contributed by atoms with Crippen LogP contribution in [0.25, 0.3) is 5.69 Å². The summed E-state index contributed by atoms with van der Waals surface area (Å²) >= 11 is 0. The zero-order valence-electron chi connectivity index (χ0n) is 17.8. The van der Waals surface area contributed by atoms with Crippen LogP contribution in [0.4, 0.5) is 5.69 Å². The monoisotopic (exact) mass is 416 g/mol. The number of anilines is 1. The molecule has 2 aromatic carbocycles. The molecule has 1 spiro atoms. The minimum absolute atomic E-state index is 0.136. The Labute approximate surface area is 179 Å². The molecule has 1 aliphatic heterocycles. The van der Waals surface area contributed by atoms with Gasteiger partial charge < -0.3 is 5.32 Å². The van der Waals surface area contributed by atoms with Crippen molar-refractivity contribution in [3.8, 4) is 5.69 Å². The quantitative estimate of drug-likeness (QED) is 0.686. The van der Waals surface area contributed by atoms with E-state index in [-0.39, 0.29) is 17.0 Å².